The number of nitrogens with zero attached hydrogens (tertiary/aromatic N) is 3. The normalized spacial score (nSPS) is 20.5. The Labute approximate surface area is 236 Å². The fourth-order valence-corrected chi connectivity index (χ4v) is 6.70. The average Bonchev–Trinajstić information content (AvgIpc) is 3.20. The topological polar surface area (TPSA) is 45.1 Å². The lowest BCUT2D eigenvalue weighted by Crippen LogP contribution is -2.48. The fraction of sp³-hybridized carbons (Fsp3) is 0.333. The van der Waals surface area contributed by atoms with Crippen LogP contribution in [0.4, 0.5) is 11.4 Å². The third-order valence-electron chi connectivity index (χ3n) is 7.52. The summed E-state index contributed by atoms with van der Waals surface area (Å²) in [5, 5.41) is 0.683. The first-order valence-corrected chi connectivity index (χ1v) is 14.5. The first kappa shape index (κ1) is 27.1. The van der Waals surface area contributed by atoms with Crippen molar-refractivity contribution in [2.45, 2.75) is 58.5 Å². The van der Waals surface area contributed by atoms with Crippen LogP contribution in [0.2, 0.25) is 0 Å². The maximum atomic E-state index is 13.8. The standard InChI is InChI=1S/C33H37N3O2S/c1-6-17-36-28-20-29(38-5)25(18-27(28)23(2)21-33(36,3)4)19-30-31(37)35(22-24-13-9-7-10-14-24)32(39-30)34-26-15-11-8-12-16-26/h7-16,18-20,23H,6,17,21-22H2,1-5H3/b30-19+,34-32?. The molecule has 1 saturated heterocycles. The molecule has 0 aromatic heterocycles. The van der Waals surface area contributed by atoms with Crippen LogP contribution >= 0.6 is 11.8 Å². The predicted octanol–water partition coefficient (Wildman–Crippen LogP) is 8.00. The van der Waals surface area contributed by atoms with Crippen molar-refractivity contribution in [2.24, 2.45) is 4.99 Å². The van der Waals surface area contributed by atoms with Gasteiger partial charge in [-0.1, -0.05) is 62.4 Å². The maximum absolute atomic E-state index is 13.8. The molecule has 5 nitrogen and oxygen atoms in total. The zero-order valence-electron chi connectivity index (χ0n) is 23.5. The number of hydrogen-bond acceptors (Lipinski definition) is 5. The maximum Gasteiger partial charge on any atom is 0.267 e. The summed E-state index contributed by atoms with van der Waals surface area (Å²) in [6, 6.07) is 24.3. The molecule has 2 heterocycles. The van der Waals surface area contributed by atoms with Crippen LogP contribution in [0, 0.1) is 0 Å². The van der Waals surface area contributed by atoms with E-state index in [2.05, 4.69) is 44.7 Å². The van der Waals surface area contributed by atoms with E-state index in [-0.39, 0.29) is 11.4 Å². The number of ether oxygens (including phenoxy) is 1. The van der Waals surface area contributed by atoms with Crippen LogP contribution in [0.3, 0.4) is 0 Å². The highest BCUT2D eigenvalue weighted by Gasteiger charge is 2.37. The second kappa shape index (κ2) is 11.3. The molecule has 1 atom stereocenters. The number of para-hydroxylation sites is 1. The molecule has 202 valence electrons. The van der Waals surface area contributed by atoms with Crippen molar-refractivity contribution in [3.63, 3.8) is 0 Å². The largest absolute Gasteiger partial charge is 0.496 e. The number of fused-ring (bicyclic) bond motifs is 1. The van der Waals surface area contributed by atoms with E-state index < -0.39 is 0 Å². The summed E-state index contributed by atoms with van der Waals surface area (Å²) in [6.07, 6.45) is 4.14. The van der Waals surface area contributed by atoms with Gasteiger partial charge in [0.2, 0.25) is 0 Å². The number of carbonyl (C=O) groups is 1. The van der Waals surface area contributed by atoms with Gasteiger partial charge in [0.15, 0.2) is 5.17 Å². The minimum atomic E-state index is -0.0416. The van der Waals surface area contributed by atoms with Crippen LogP contribution < -0.4 is 9.64 Å². The van der Waals surface area contributed by atoms with Crippen molar-refractivity contribution in [3.05, 3.63) is 94.4 Å². The van der Waals surface area contributed by atoms with Crippen LogP contribution in [-0.4, -0.2) is 35.2 Å². The summed E-state index contributed by atoms with van der Waals surface area (Å²) in [6.45, 7) is 10.6. The van der Waals surface area contributed by atoms with Crippen molar-refractivity contribution < 1.29 is 9.53 Å². The van der Waals surface area contributed by atoms with E-state index >= 15 is 0 Å². The summed E-state index contributed by atoms with van der Waals surface area (Å²) >= 11 is 1.42. The highest BCUT2D eigenvalue weighted by molar-refractivity contribution is 8.18. The highest BCUT2D eigenvalue weighted by Crippen LogP contribution is 2.47. The molecule has 0 N–H and O–H groups in total. The number of amides is 1. The van der Waals surface area contributed by atoms with E-state index in [4.69, 9.17) is 9.73 Å². The lowest BCUT2D eigenvalue weighted by Gasteiger charge is -2.47. The van der Waals surface area contributed by atoms with Crippen molar-refractivity contribution >= 4 is 40.3 Å². The molecule has 1 unspecified atom stereocenters. The van der Waals surface area contributed by atoms with Gasteiger partial charge in [0.05, 0.1) is 24.2 Å². The van der Waals surface area contributed by atoms with Gasteiger partial charge in [-0.3, -0.25) is 9.69 Å². The van der Waals surface area contributed by atoms with E-state index in [0.29, 0.717) is 22.5 Å². The Bertz CT molecular complexity index is 1400. The molecule has 1 amide bonds. The second-order valence-electron chi connectivity index (χ2n) is 10.9. The smallest absolute Gasteiger partial charge is 0.267 e. The molecule has 6 heteroatoms. The fourth-order valence-electron chi connectivity index (χ4n) is 5.71. The zero-order valence-corrected chi connectivity index (χ0v) is 24.3. The Kier molecular flexibility index (Phi) is 7.85. The molecule has 3 aromatic rings. The summed E-state index contributed by atoms with van der Waals surface area (Å²) in [7, 11) is 1.71. The van der Waals surface area contributed by atoms with Gasteiger partial charge in [-0.25, -0.2) is 4.99 Å². The molecule has 5 rings (SSSR count). The monoisotopic (exact) mass is 539 g/mol. The van der Waals surface area contributed by atoms with Gasteiger partial charge in [-0.15, -0.1) is 0 Å². The highest BCUT2D eigenvalue weighted by atomic mass is 32.2. The average molecular weight is 540 g/mol. The van der Waals surface area contributed by atoms with Gasteiger partial charge >= 0.3 is 0 Å². The number of benzene rings is 3. The number of carbonyl (C=O) groups excluding carboxylic acids is 1. The molecule has 0 radical (unpaired) electrons. The predicted molar refractivity (Wildman–Crippen MR) is 164 cm³/mol. The first-order chi connectivity index (χ1) is 18.8. The number of rotatable bonds is 7. The Morgan fingerprint density at radius 1 is 1.08 bits per heavy atom. The molecule has 0 spiro atoms. The van der Waals surface area contributed by atoms with Crippen LogP contribution in [0.25, 0.3) is 6.08 Å². The van der Waals surface area contributed by atoms with Crippen molar-refractivity contribution in [3.8, 4) is 5.75 Å². The van der Waals surface area contributed by atoms with Crippen molar-refractivity contribution in [2.75, 3.05) is 18.6 Å². The molecule has 2 aliphatic rings. The van der Waals surface area contributed by atoms with Gasteiger partial charge in [-0.05, 0) is 79.8 Å². The summed E-state index contributed by atoms with van der Waals surface area (Å²) in [4.78, 5) is 23.6. The Balaban J connectivity index is 1.55. The number of anilines is 1. The molecule has 39 heavy (non-hydrogen) atoms. The molecular formula is C33H37N3O2S. The molecule has 0 saturated carbocycles. The number of aliphatic imine (C=N–C) groups is 1. The summed E-state index contributed by atoms with van der Waals surface area (Å²) < 4.78 is 5.90. The Morgan fingerprint density at radius 3 is 2.44 bits per heavy atom. The van der Waals surface area contributed by atoms with Crippen molar-refractivity contribution in [1.29, 1.82) is 0 Å². The van der Waals surface area contributed by atoms with E-state index in [1.807, 2.05) is 66.7 Å². The molecule has 2 aliphatic heterocycles. The minimum absolute atomic E-state index is 0.0416. The zero-order chi connectivity index (χ0) is 27.6. The molecule has 0 bridgehead atoms. The third-order valence-corrected chi connectivity index (χ3v) is 8.53. The SMILES string of the molecule is CCCN1c2cc(OC)c(/C=C3/SC(=Nc4ccccc4)N(Cc4ccccc4)C3=O)cc2C(C)CC1(C)C. The van der Waals surface area contributed by atoms with E-state index in [9.17, 15) is 4.79 Å². The van der Waals surface area contributed by atoms with Crippen LogP contribution in [-0.2, 0) is 11.3 Å². The molecule has 1 fully saturated rings. The van der Waals surface area contributed by atoms with E-state index in [1.54, 1.807) is 12.0 Å². The van der Waals surface area contributed by atoms with Gasteiger partial charge in [0.25, 0.3) is 5.91 Å². The molecule has 3 aromatic carbocycles. The second-order valence-corrected chi connectivity index (χ2v) is 11.9. The van der Waals surface area contributed by atoms with Gasteiger partial charge in [0, 0.05) is 29.4 Å². The molecule has 0 aliphatic carbocycles. The lowest BCUT2D eigenvalue weighted by molar-refractivity contribution is -0.122. The number of hydrogen-bond donors (Lipinski definition) is 0. The number of methoxy groups -OCH3 is 1. The lowest BCUT2D eigenvalue weighted by atomic mass is 9.79. The van der Waals surface area contributed by atoms with E-state index in [0.717, 1.165) is 42.0 Å². The van der Waals surface area contributed by atoms with Crippen molar-refractivity contribution in [1.82, 2.24) is 4.90 Å². The molecular weight excluding hydrogens is 502 g/mol. The minimum Gasteiger partial charge on any atom is -0.496 e. The third kappa shape index (κ3) is 5.62. The van der Waals surface area contributed by atoms with Gasteiger partial charge < -0.3 is 9.64 Å². The van der Waals surface area contributed by atoms with Gasteiger partial charge in [0.1, 0.15) is 5.75 Å². The Hall–Kier alpha value is -3.51. The number of thioether (sulfide) groups is 1. The summed E-state index contributed by atoms with van der Waals surface area (Å²) in [5.41, 5.74) is 5.44. The van der Waals surface area contributed by atoms with E-state index in [1.165, 1.54) is 23.0 Å². The first-order valence-electron chi connectivity index (χ1n) is 13.7. The number of amidine groups is 1. The quantitative estimate of drug-likeness (QED) is 0.285. The van der Waals surface area contributed by atoms with Crippen LogP contribution in [0.1, 0.15) is 63.1 Å². The summed E-state index contributed by atoms with van der Waals surface area (Å²) in [5.74, 6) is 1.15. The Morgan fingerprint density at radius 2 is 1.77 bits per heavy atom. The van der Waals surface area contributed by atoms with Gasteiger partial charge in [-0.2, -0.15) is 0 Å². The van der Waals surface area contributed by atoms with Crippen LogP contribution in [0.5, 0.6) is 5.75 Å². The van der Waals surface area contributed by atoms with Crippen LogP contribution in [0.15, 0.2) is 82.7 Å².